The van der Waals surface area contributed by atoms with E-state index in [1.807, 2.05) is 50.3 Å². The first-order chi connectivity index (χ1) is 11.3. The van der Waals surface area contributed by atoms with E-state index in [1.54, 1.807) is 6.92 Å². The lowest BCUT2D eigenvalue weighted by atomic mass is 9.82. The highest BCUT2D eigenvalue weighted by Gasteiger charge is 2.31. The number of anilines is 1. The summed E-state index contributed by atoms with van der Waals surface area (Å²) in [7, 11) is 0. The largest absolute Gasteiger partial charge is 0.309 e. The van der Waals surface area contributed by atoms with Crippen molar-refractivity contribution in [2.45, 2.75) is 66.3 Å². The Morgan fingerprint density at radius 3 is 2.29 bits per heavy atom. The fraction of sp³-hybridized carbons (Fsp3) is 0.571. The highest BCUT2D eigenvalue weighted by atomic mass is 16.2. The maximum atomic E-state index is 13.2. The summed E-state index contributed by atoms with van der Waals surface area (Å²) in [4.78, 5) is 27.2. The first-order valence-electron chi connectivity index (χ1n) is 9.12. The Hall–Kier alpha value is -1.64. The Kier molecular flexibility index (Phi) is 6.20. The number of amides is 1. The number of hydrogen-bond donors (Lipinski definition) is 0. The zero-order chi connectivity index (χ0) is 17.9. The molecule has 0 aliphatic heterocycles. The minimum absolute atomic E-state index is 0.00312. The molecule has 1 fully saturated rings. The van der Waals surface area contributed by atoms with Crippen LogP contribution in [0.3, 0.4) is 0 Å². The number of Topliss-reactive ketones (excluding diaryl/α,β-unsaturated/α-hetero) is 1. The van der Waals surface area contributed by atoms with Gasteiger partial charge in [-0.25, -0.2) is 0 Å². The van der Waals surface area contributed by atoms with Gasteiger partial charge in [0.15, 0.2) is 5.78 Å². The van der Waals surface area contributed by atoms with E-state index in [4.69, 9.17) is 0 Å². The molecule has 0 atom stereocenters. The first-order valence-corrected chi connectivity index (χ1v) is 9.12. The van der Waals surface area contributed by atoms with Crippen LogP contribution in [-0.4, -0.2) is 17.7 Å². The van der Waals surface area contributed by atoms with Gasteiger partial charge in [0.05, 0.1) is 5.69 Å². The lowest BCUT2D eigenvalue weighted by molar-refractivity contribution is -0.123. The van der Waals surface area contributed by atoms with Gasteiger partial charge in [-0.2, -0.15) is 0 Å². The quantitative estimate of drug-likeness (QED) is 0.711. The van der Waals surface area contributed by atoms with Gasteiger partial charge < -0.3 is 4.90 Å². The van der Waals surface area contributed by atoms with Crippen LogP contribution in [0.4, 0.5) is 5.69 Å². The van der Waals surface area contributed by atoms with E-state index < -0.39 is 0 Å². The van der Waals surface area contributed by atoms with E-state index in [0.717, 1.165) is 36.9 Å². The lowest BCUT2D eigenvalue weighted by Gasteiger charge is -2.34. The molecule has 1 radical (unpaired) electrons. The number of benzene rings is 1. The number of carbonyl (C=O) groups excluding carboxylic acids is 2. The predicted octanol–water partition coefficient (Wildman–Crippen LogP) is 5.03. The molecule has 1 saturated carbocycles. The van der Waals surface area contributed by atoms with Crippen LogP contribution < -0.4 is 4.90 Å². The van der Waals surface area contributed by atoms with Crippen LogP contribution in [0.1, 0.15) is 76.2 Å². The lowest BCUT2D eigenvalue weighted by Crippen LogP contribution is -2.42. The monoisotopic (exact) mass is 328 g/mol. The number of ketones is 1. The van der Waals surface area contributed by atoms with Crippen LogP contribution in [0.25, 0.3) is 0 Å². The first kappa shape index (κ1) is 18.7. The van der Waals surface area contributed by atoms with Gasteiger partial charge in [-0.1, -0.05) is 19.9 Å². The van der Waals surface area contributed by atoms with Crippen LogP contribution in [-0.2, 0) is 4.79 Å². The van der Waals surface area contributed by atoms with Crippen LogP contribution >= 0.6 is 0 Å². The molecular weight excluding hydrogens is 298 g/mol. The Morgan fingerprint density at radius 1 is 1.17 bits per heavy atom. The zero-order valence-electron chi connectivity index (χ0n) is 15.6. The topological polar surface area (TPSA) is 37.4 Å². The van der Waals surface area contributed by atoms with Gasteiger partial charge >= 0.3 is 0 Å². The molecule has 1 aliphatic carbocycles. The highest BCUT2D eigenvalue weighted by Crippen LogP contribution is 2.33. The van der Waals surface area contributed by atoms with Gasteiger partial charge in [0.1, 0.15) is 0 Å². The van der Waals surface area contributed by atoms with Gasteiger partial charge in [0, 0.05) is 17.5 Å². The van der Waals surface area contributed by atoms with E-state index >= 15 is 0 Å². The second kappa shape index (κ2) is 7.96. The number of hydrogen-bond acceptors (Lipinski definition) is 2. The molecule has 2 rings (SSSR count). The fourth-order valence-electron chi connectivity index (χ4n) is 3.58. The molecule has 0 heterocycles. The van der Waals surface area contributed by atoms with E-state index in [9.17, 15) is 9.59 Å². The molecule has 24 heavy (non-hydrogen) atoms. The molecule has 0 aromatic heterocycles. The normalized spacial score (nSPS) is 20.9. The van der Waals surface area contributed by atoms with E-state index in [1.165, 1.54) is 0 Å². The molecule has 0 saturated heterocycles. The van der Waals surface area contributed by atoms with Gasteiger partial charge in [0.2, 0.25) is 5.91 Å². The molecule has 0 bridgehead atoms. The van der Waals surface area contributed by atoms with Crippen molar-refractivity contribution in [3.8, 4) is 0 Å². The summed E-state index contributed by atoms with van der Waals surface area (Å²) in [5, 5.41) is 0. The molecule has 131 valence electrons. The third kappa shape index (κ3) is 4.06. The minimum atomic E-state index is 0.00312. The zero-order valence-corrected chi connectivity index (χ0v) is 15.6. The average Bonchev–Trinajstić information content (AvgIpc) is 2.54. The van der Waals surface area contributed by atoms with Gasteiger partial charge in [-0.15, -0.1) is 0 Å². The Bertz CT molecular complexity index is 598. The summed E-state index contributed by atoms with van der Waals surface area (Å²) >= 11 is 0. The van der Waals surface area contributed by atoms with Crippen LogP contribution in [0.15, 0.2) is 18.2 Å². The summed E-state index contributed by atoms with van der Waals surface area (Å²) in [5.74, 6) is 0.973. The smallest absolute Gasteiger partial charge is 0.230 e. The summed E-state index contributed by atoms with van der Waals surface area (Å²) in [6.45, 7) is 9.84. The molecule has 3 heteroatoms. The van der Waals surface area contributed by atoms with Crippen molar-refractivity contribution in [2.24, 2.45) is 11.8 Å². The van der Waals surface area contributed by atoms with Crippen molar-refractivity contribution >= 4 is 17.4 Å². The van der Waals surface area contributed by atoms with Crippen molar-refractivity contribution in [2.75, 3.05) is 4.90 Å². The van der Waals surface area contributed by atoms with E-state index in [0.29, 0.717) is 11.5 Å². The van der Waals surface area contributed by atoms with Crippen molar-refractivity contribution in [3.63, 3.8) is 0 Å². The molecule has 1 amide bonds. The summed E-state index contributed by atoms with van der Waals surface area (Å²) < 4.78 is 0. The molecule has 3 nitrogen and oxygen atoms in total. The summed E-state index contributed by atoms with van der Waals surface area (Å²) in [6, 6.07) is 5.78. The number of carbonyl (C=O) groups is 2. The van der Waals surface area contributed by atoms with Crippen molar-refractivity contribution in [1.29, 1.82) is 0 Å². The highest BCUT2D eigenvalue weighted by molar-refractivity contribution is 6.05. The summed E-state index contributed by atoms with van der Waals surface area (Å²) in [5.41, 5.74) is 2.43. The number of nitrogens with zero attached hydrogens (tertiary/aromatic N) is 1. The SMILES string of the molecule is C[CH]c1ccc(C(C)=O)c(N(C(=O)[C@H]2CC[C@H](C)CC2)C(C)C)c1. The standard InChI is InChI=1S/C21H30NO2/c1-6-17-9-12-19(16(5)23)20(13-17)22(14(2)3)21(24)18-10-7-15(4)8-11-18/h6,9,12-15,18H,7-8,10-11H2,1-5H3/t15-,18-. The summed E-state index contributed by atoms with van der Waals surface area (Å²) in [6.07, 6.45) is 6.14. The van der Waals surface area contributed by atoms with Crippen LogP contribution in [0.2, 0.25) is 0 Å². The third-order valence-electron chi connectivity index (χ3n) is 5.11. The number of rotatable bonds is 5. The Labute approximate surface area is 146 Å². The molecule has 1 aromatic rings. The minimum Gasteiger partial charge on any atom is -0.309 e. The Morgan fingerprint density at radius 2 is 1.79 bits per heavy atom. The molecule has 1 aliphatic rings. The maximum absolute atomic E-state index is 13.2. The predicted molar refractivity (Wildman–Crippen MR) is 99.3 cm³/mol. The molecule has 0 unspecified atom stereocenters. The van der Waals surface area contributed by atoms with Gasteiger partial charge in [-0.05, 0) is 76.5 Å². The molecular formula is C21H30NO2. The molecule has 1 aromatic carbocycles. The second-order valence-electron chi connectivity index (χ2n) is 7.38. The average molecular weight is 328 g/mol. The van der Waals surface area contributed by atoms with Crippen LogP contribution in [0.5, 0.6) is 0 Å². The van der Waals surface area contributed by atoms with Crippen LogP contribution in [0, 0.1) is 18.3 Å². The Balaban J connectivity index is 2.40. The van der Waals surface area contributed by atoms with Gasteiger partial charge in [-0.3, -0.25) is 9.59 Å². The van der Waals surface area contributed by atoms with Crippen molar-refractivity contribution < 1.29 is 9.59 Å². The van der Waals surface area contributed by atoms with E-state index in [2.05, 4.69) is 6.92 Å². The second-order valence-corrected chi connectivity index (χ2v) is 7.38. The van der Waals surface area contributed by atoms with E-state index in [-0.39, 0.29) is 23.7 Å². The van der Waals surface area contributed by atoms with Crippen molar-refractivity contribution in [1.82, 2.24) is 0 Å². The van der Waals surface area contributed by atoms with Gasteiger partial charge in [0.25, 0.3) is 0 Å². The fourth-order valence-corrected chi connectivity index (χ4v) is 3.58. The third-order valence-corrected chi connectivity index (χ3v) is 5.11. The maximum Gasteiger partial charge on any atom is 0.230 e. The molecule has 0 spiro atoms. The molecule has 0 N–H and O–H groups in total. The van der Waals surface area contributed by atoms with Crippen molar-refractivity contribution in [3.05, 3.63) is 35.7 Å².